The van der Waals surface area contributed by atoms with E-state index in [2.05, 4.69) is 15.6 Å². The largest absolute Gasteiger partial charge is 0.497 e. The number of benzene rings is 2. The Morgan fingerprint density at radius 2 is 1.81 bits per heavy atom. The number of rotatable bonds is 6. The summed E-state index contributed by atoms with van der Waals surface area (Å²) in [6.07, 6.45) is 2.02. The fourth-order valence-corrected chi connectivity index (χ4v) is 2.58. The molecule has 0 spiro atoms. The van der Waals surface area contributed by atoms with Gasteiger partial charge in [0.25, 0.3) is 0 Å². The van der Waals surface area contributed by atoms with Crippen molar-refractivity contribution in [2.75, 3.05) is 17.7 Å². The van der Waals surface area contributed by atoms with Crippen LogP contribution in [0.3, 0.4) is 0 Å². The topological polar surface area (TPSA) is 63.2 Å². The van der Waals surface area contributed by atoms with E-state index in [0.29, 0.717) is 12.2 Å². The molecule has 0 saturated carbocycles. The Morgan fingerprint density at radius 3 is 2.46 bits per heavy atom. The van der Waals surface area contributed by atoms with Crippen LogP contribution in [-0.4, -0.2) is 18.0 Å². The van der Waals surface area contributed by atoms with Gasteiger partial charge in [-0.2, -0.15) is 0 Å². The van der Waals surface area contributed by atoms with Gasteiger partial charge in [0.15, 0.2) is 0 Å². The summed E-state index contributed by atoms with van der Waals surface area (Å²) in [4.78, 5) is 16.4. The van der Waals surface area contributed by atoms with Crippen molar-refractivity contribution < 1.29 is 9.53 Å². The molecule has 0 bridgehead atoms. The Morgan fingerprint density at radius 1 is 1.04 bits per heavy atom. The number of carbonyl (C=O) groups excluding carboxylic acids is 1. The predicted molar refractivity (Wildman–Crippen MR) is 104 cm³/mol. The highest BCUT2D eigenvalue weighted by molar-refractivity contribution is 5.91. The molecule has 2 aromatic carbocycles. The van der Waals surface area contributed by atoms with Gasteiger partial charge in [-0.3, -0.25) is 4.79 Å². The van der Waals surface area contributed by atoms with E-state index in [0.717, 1.165) is 28.3 Å². The lowest BCUT2D eigenvalue weighted by Crippen LogP contribution is -2.15. The second-order valence-electron chi connectivity index (χ2n) is 6.00. The molecule has 0 atom stereocenters. The van der Waals surface area contributed by atoms with Crippen LogP contribution in [0.4, 0.5) is 17.2 Å². The number of carbonyl (C=O) groups is 1. The Hall–Kier alpha value is -3.34. The normalized spacial score (nSPS) is 10.2. The van der Waals surface area contributed by atoms with Crippen molar-refractivity contribution in [3.63, 3.8) is 0 Å². The van der Waals surface area contributed by atoms with Crippen molar-refractivity contribution in [2.45, 2.75) is 13.3 Å². The van der Waals surface area contributed by atoms with Crippen LogP contribution in [0.15, 0.2) is 66.9 Å². The van der Waals surface area contributed by atoms with E-state index in [4.69, 9.17) is 4.74 Å². The maximum absolute atomic E-state index is 12.2. The minimum Gasteiger partial charge on any atom is -0.497 e. The van der Waals surface area contributed by atoms with Gasteiger partial charge < -0.3 is 15.4 Å². The highest BCUT2D eigenvalue weighted by Crippen LogP contribution is 2.20. The molecule has 1 heterocycles. The lowest BCUT2D eigenvalue weighted by atomic mass is 10.1. The molecular formula is C21H21N3O2. The summed E-state index contributed by atoms with van der Waals surface area (Å²) in [6.45, 7) is 2.01. The van der Waals surface area contributed by atoms with Crippen LogP contribution >= 0.6 is 0 Å². The van der Waals surface area contributed by atoms with Crippen LogP contribution in [0.1, 0.15) is 11.1 Å². The van der Waals surface area contributed by atoms with E-state index in [-0.39, 0.29) is 5.91 Å². The fourth-order valence-electron chi connectivity index (χ4n) is 2.58. The quantitative estimate of drug-likeness (QED) is 0.697. The SMILES string of the molecule is COc1ccc(Nc2ccc(NC(=O)Cc3cccc(C)c3)nc2)cc1. The third-order valence-electron chi connectivity index (χ3n) is 3.86. The summed E-state index contributed by atoms with van der Waals surface area (Å²) >= 11 is 0. The molecule has 5 nitrogen and oxygen atoms in total. The van der Waals surface area contributed by atoms with Crippen LogP contribution in [0.2, 0.25) is 0 Å². The number of anilines is 3. The maximum atomic E-state index is 12.2. The maximum Gasteiger partial charge on any atom is 0.229 e. The summed E-state index contributed by atoms with van der Waals surface area (Å²) in [5.74, 6) is 1.25. The number of nitrogens with zero attached hydrogens (tertiary/aromatic N) is 1. The van der Waals surface area contributed by atoms with Crippen LogP contribution in [0.5, 0.6) is 5.75 Å². The average Bonchev–Trinajstić information content (AvgIpc) is 2.64. The van der Waals surface area contributed by atoms with E-state index in [9.17, 15) is 4.79 Å². The molecule has 3 rings (SSSR count). The van der Waals surface area contributed by atoms with Gasteiger partial charge in [-0.15, -0.1) is 0 Å². The second-order valence-corrected chi connectivity index (χ2v) is 6.00. The zero-order valence-electron chi connectivity index (χ0n) is 14.8. The molecule has 0 radical (unpaired) electrons. The average molecular weight is 347 g/mol. The van der Waals surface area contributed by atoms with Crippen molar-refractivity contribution in [1.82, 2.24) is 4.98 Å². The van der Waals surface area contributed by atoms with Gasteiger partial charge in [0, 0.05) is 5.69 Å². The van der Waals surface area contributed by atoms with Gasteiger partial charge in [-0.25, -0.2) is 4.98 Å². The minimum atomic E-state index is -0.0843. The third-order valence-corrected chi connectivity index (χ3v) is 3.86. The first-order valence-electron chi connectivity index (χ1n) is 8.35. The Kier molecular flexibility index (Phi) is 5.49. The molecule has 0 unspecified atom stereocenters. The number of ether oxygens (including phenoxy) is 1. The molecule has 1 aromatic heterocycles. The zero-order valence-corrected chi connectivity index (χ0v) is 14.8. The number of methoxy groups -OCH3 is 1. The molecule has 0 saturated heterocycles. The number of hydrogen-bond donors (Lipinski definition) is 2. The van der Waals surface area contributed by atoms with Crippen molar-refractivity contribution in [3.05, 3.63) is 78.0 Å². The van der Waals surface area contributed by atoms with Crippen LogP contribution in [-0.2, 0) is 11.2 Å². The Balaban J connectivity index is 1.57. The molecule has 26 heavy (non-hydrogen) atoms. The summed E-state index contributed by atoms with van der Waals surface area (Å²) in [5, 5.41) is 6.07. The highest BCUT2D eigenvalue weighted by Gasteiger charge is 2.05. The summed E-state index contributed by atoms with van der Waals surface area (Å²) < 4.78 is 5.14. The van der Waals surface area contributed by atoms with E-state index in [1.54, 1.807) is 19.4 Å². The minimum absolute atomic E-state index is 0.0843. The smallest absolute Gasteiger partial charge is 0.229 e. The Labute approximate surface area is 153 Å². The van der Waals surface area contributed by atoms with Gasteiger partial charge in [0.2, 0.25) is 5.91 Å². The molecule has 5 heteroatoms. The standard InChI is InChI=1S/C21H21N3O2/c1-15-4-3-5-16(12-15)13-21(25)24-20-11-8-18(14-22-20)23-17-6-9-19(26-2)10-7-17/h3-12,14,23H,13H2,1-2H3,(H,22,24,25). The van der Waals surface area contributed by atoms with Crippen LogP contribution in [0.25, 0.3) is 0 Å². The number of aryl methyl sites for hydroxylation is 1. The van der Waals surface area contributed by atoms with Crippen molar-refractivity contribution in [1.29, 1.82) is 0 Å². The van der Waals surface area contributed by atoms with Gasteiger partial charge in [-0.1, -0.05) is 29.8 Å². The van der Waals surface area contributed by atoms with E-state index < -0.39 is 0 Å². The first-order chi connectivity index (χ1) is 12.6. The Bertz CT molecular complexity index is 875. The summed E-state index contributed by atoms with van der Waals surface area (Å²) in [6, 6.07) is 19.2. The van der Waals surface area contributed by atoms with Crippen LogP contribution in [0, 0.1) is 6.92 Å². The number of hydrogen-bond acceptors (Lipinski definition) is 4. The molecule has 0 aliphatic rings. The molecule has 0 aliphatic heterocycles. The number of aromatic nitrogens is 1. The first-order valence-corrected chi connectivity index (χ1v) is 8.35. The first kappa shape index (κ1) is 17.5. The molecule has 132 valence electrons. The van der Waals surface area contributed by atoms with Crippen molar-refractivity contribution >= 4 is 23.1 Å². The molecule has 0 fully saturated rings. The number of pyridine rings is 1. The van der Waals surface area contributed by atoms with Gasteiger partial charge >= 0.3 is 0 Å². The number of amides is 1. The predicted octanol–water partition coefficient (Wildman–Crippen LogP) is 4.32. The zero-order chi connectivity index (χ0) is 18.4. The highest BCUT2D eigenvalue weighted by atomic mass is 16.5. The van der Waals surface area contributed by atoms with Gasteiger partial charge in [-0.05, 0) is 48.9 Å². The van der Waals surface area contributed by atoms with Crippen molar-refractivity contribution in [2.24, 2.45) is 0 Å². The lowest BCUT2D eigenvalue weighted by molar-refractivity contribution is -0.115. The van der Waals surface area contributed by atoms with E-state index >= 15 is 0 Å². The molecule has 0 aliphatic carbocycles. The fraction of sp³-hybridized carbons (Fsp3) is 0.143. The second kappa shape index (κ2) is 8.16. The molecule has 2 N–H and O–H groups in total. The summed E-state index contributed by atoms with van der Waals surface area (Å²) in [5.41, 5.74) is 3.90. The van der Waals surface area contributed by atoms with Gasteiger partial charge in [0.05, 0.1) is 25.4 Å². The van der Waals surface area contributed by atoms with E-state index in [1.165, 1.54) is 0 Å². The third kappa shape index (κ3) is 4.83. The van der Waals surface area contributed by atoms with Crippen molar-refractivity contribution in [3.8, 4) is 5.75 Å². The number of nitrogens with one attached hydrogen (secondary N) is 2. The molecular weight excluding hydrogens is 326 g/mol. The summed E-state index contributed by atoms with van der Waals surface area (Å²) in [7, 11) is 1.64. The lowest BCUT2D eigenvalue weighted by Gasteiger charge is -2.09. The van der Waals surface area contributed by atoms with Crippen LogP contribution < -0.4 is 15.4 Å². The molecule has 3 aromatic rings. The van der Waals surface area contributed by atoms with E-state index in [1.807, 2.05) is 61.5 Å². The monoisotopic (exact) mass is 347 g/mol. The molecule has 1 amide bonds. The van der Waals surface area contributed by atoms with Gasteiger partial charge in [0.1, 0.15) is 11.6 Å².